The van der Waals surface area contributed by atoms with Gasteiger partial charge in [-0.15, -0.1) is 0 Å². The molecule has 2 aromatic carbocycles. The van der Waals surface area contributed by atoms with E-state index in [1.165, 1.54) is 11.6 Å². The second-order valence-electron chi connectivity index (χ2n) is 4.45. The average Bonchev–Trinajstić information content (AvgIpc) is 2.44. The van der Waals surface area contributed by atoms with Crippen LogP contribution >= 0.6 is 0 Å². The van der Waals surface area contributed by atoms with Gasteiger partial charge in [0.1, 0.15) is 0 Å². The van der Waals surface area contributed by atoms with E-state index < -0.39 is 5.97 Å². The first kappa shape index (κ1) is 14.6. The van der Waals surface area contributed by atoms with E-state index in [0.29, 0.717) is 0 Å². The molecule has 1 N–H and O–H groups in total. The molecule has 0 aliphatic rings. The fourth-order valence-electron chi connectivity index (χ4n) is 2.07. The van der Waals surface area contributed by atoms with Crippen molar-refractivity contribution in [2.24, 2.45) is 0 Å². The number of ether oxygens (including phenoxy) is 1. The molecule has 0 saturated heterocycles. The predicted molar refractivity (Wildman–Crippen MR) is 80.4 cm³/mol. The van der Waals surface area contributed by atoms with Crippen LogP contribution < -0.4 is 8.92 Å². The zero-order valence-electron chi connectivity index (χ0n) is 11.6. The summed E-state index contributed by atoms with van der Waals surface area (Å²) < 4.78 is 7.09. The van der Waals surface area contributed by atoms with Crippen LogP contribution in [0, 0.1) is 13.8 Å². The molecule has 0 heterocycles. The Balaban J connectivity index is 2.51. The van der Waals surface area contributed by atoms with Gasteiger partial charge in [-0.2, -0.15) is 0 Å². The van der Waals surface area contributed by atoms with Crippen LogP contribution in [0.1, 0.15) is 21.5 Å². The number of rotatable bonds is 3. The number of carbonyl (C=O) groups excluding carboxylic acids is 1. The molecular weight excluding hydrogens is 319 g/mol. The molecule has 0 amide bonds. The van der Waals surface area contributed by atoms with E-state index in [9.17, 15) is 9.90 Å². The average molecular weight is 335 g/mol. The van der Waals surface area contributed by atoms with Crippen molar-refractivity contribution in [1.82, 2.24) is 0 Å². The molecule has 0 atom stereocenters. The topological polar surface area (TPSA) is 46.5 Å². The molecule has 0 fully saturated rings. The normalized spacial score (nSPS) is 10.3. The van der Waals surface area contributed by atoms with E-state index in [1.54, 1.807) is 6.07 Å². The summed E-state index contributed by atoms with van der Waals surface area (Å²) in [6.07, 6.45) is 0. The number of phenolic OH excluding ortho intramolecular Hbond substituents is 1. The Kier molecular flexibility index (Phi) is 4.48. The number of methoxy groups -OCH3 is 1. The van der Waals surface area contributed by atoms with Gasteiger partial charge in [-0.1, -0.05) is 0 Å². The van der Waals surface area contributed by atoms with E-state index in [0.717, 1.165) is 15.6 Å². The molecule has 104 valence electrons. The van der Waals surface area contributed by atoms with Crippen molar-refractivity contribution in [3.63, 3.8) is 0 Å². The van der Waals surface area contributed by atoms with Gasteiger partial charge in [0.05, 0.1) is 0 Å². The van der Waals surface area contributed by atoms with E-state index in [-0.39, 0.29) is 26.3 Å². The van der Waals surface area contributed by atoms with Gasteiger partial charge in [0.2, 0.25) is 0 Å². The van der Waals surface area contributed by atoms with Gasteiger partial charge in [0.25, 0.3) is 0 Å². The second-order valence-corrected chi connectivity index (χ2v) is 6.72. The number of hydrogen-bond acceptors (Lipinski definition) is 3. The third-order valence-electron chi connectivity index (χ3n) is 3.04. The fraction of sp³-hybridized carbons (Fsp3) is 0.188. The Bertz CT molecular complexity index is 636. The molecule has 0 bridgehead atoms. The van der Waals surface area contributed by atoms with E-state index >= 15 is 0 Å². The van der Waals surface area contributed by atoms with Crippen molar-refractivity contribution in [1.29, 1.82) is 0 Å². The number of carbonyl (C=O) groups is 1. The van der Waals surface area contributed by atoms with Crippen LogP contribution in [0.2, 0.25) is 0 Å². The summed E-state index contributed by atoms with van der Waals surface area (Å²) in [6, 6.07) is 11.8. The van der Waals surface area contributed by atoms with Crippen molar-refractivity contribution >= 4 is 29.8 Å². The van der Waals surface area contributed by atoms with E-state index in [1.807, 2.05) is 32.0 Å². The predicted octanol–water partition coefficient (Wildman–Crippen LogP) is 1.45. The van der Waals surface area contributed by atoms with E-state index in [2.05, 4.69) is 12.1 Å². The molecule has 0 aliphatic heterocycles. The Hall–Kier alpha value is -1.77. The Labute approximate surface area is 124 Å². The molecule has 0 unspecified atom stereocenters. The number of hydrogen-bond donors (Lipinski definition) is 1. The fourth-order valence-corrected chi connectivity index (χ4v) is 4.17. The maximum atomic E-state index is 11.8. The van der Waals surface area contributed by atoms with Gasteiger partial charge in [0.15, 0.2) is 0 Å². The molecule has 0 saturated carbocycles. The molecule has 2 rings (SSSR count). The van der Waals surface area contributed by atoms with Gasteiger partial charge in [-0.05, 0) is 0 Å². The Morgan fingerprint density at radius 2 is 1.85 bits per heavy atom. The third kappa shape index (κ3) is 2.87. The van der Waals surface area contributed by atoms with Crippen LogP contribution in [0.25, 0.3) is 0 Å². The summed E-state index contributed by atoms with van der Waals surface area (Å²) >= 11 is 0.0892. The SMILES string of the molecule is COC(=O)c1c(O)cc(C)c([Se]c2ccccc2)c1C. The molecule has 4 heteroatoms. The minimum absolute atomic E-state index is 0.0144. The van der Waals surface area contributed by atoms with Crippen LogP contribution in [0.5, 0.6) is 5.75 Å². The first-order valence-electron chi connectivity index (χ1n) is 6.19. The molecule has 20 heavy (non-hydrogen) atoms. The van der Waals surface area contributed by atoms with Gasteiger partial charge < -0.3 is 0 Å². The van der Waals surface area contributed by atoms with Crippen LogP contribution in [0.3, 0.4) is 0 Å². The van der Waals surface area contributed by atoms with Crippen LogP contribution in [0.4, 0.5) is 0 Å². The van der Waals surface area contributed by atoms with Crippen molar-refractivity contribution in [3.8, 4) is 5.75 Å². The summed E-state index contributed by atoms with van der Waals surface area (Å²) in [7, 11) is 1.32. The summed E-state index contributed by atoms with van der Waals surface area (Å²) in [5.74, 6) is -0.510. The van der Waals surface area contributed by atoms with Gasteiger partial charge in [-0.25, -0.2) is 0 Å². The van der Waals surface area contributed by atoms with Crippen molar-refractivity contribution in [3.05, 3.63) is 53.1 Å². The van der Waals surface area contributed by atoms with Gasteiger partial charge in [-0.3, -0.25) is 0 Å². The number of phenols is 1. The summed E-state index contributed by atoms with van der Waals surface area (Å²) in [6.45, 7) is 3.81. The Morgan fingerprint density at radius 1 is 1.20 bits per heavy atom. The molecule has 0 aliphatic carbocycles. The molecule has 0 radical (unpaired) electrons. The van der Waals surface area contributed by atoms with Gasteiger partial charge in [0, 0.05) is 0 Å². The minimum atomic E-state index is -0.495. The third-order valence-corrected chi connectivity index (χ3v) is 5.85. The van der Waals surface area contributed by atoms with Gasteiger partial charge >= 0.3 is 124 Å². The zero-order chi connectivity index (χ0) is 14.7. The molecular formula is C16H16O3Se. The number of benzene rings is 2. The standard InChI is InChI=1S/C16H16O3Se/c1-10-9-13(17)14(16(18)19-3)11(2)15(10)20-12-7-5-4-6-8-12/h4-9,17H,1-3H3. The first-order valence-corrected chi connectivity index (χ1v) is 7.90. The van der Waals surface area contributed by atoms with Crippen LogP contribution in [-0.2, 0) is 4.74 Å². The number of esters is 1. The van der Waals surface area contributed by atoms with Crippen molar-refractivity contribution < 1.29 is 14.6 Å². The van der Waals surface area contributed by atoms with Crippen molar-refractivity contribution in [2.45, 2.75) is 13.8 Å². The maximum absolute atomic E-state index is 11.8. The number of aromatic hydroxyl groups is 1. The molecule has 0 aromatic heterocycles. The summed E-state index contributed by atoms with van der Waals surface area (Å²) in [5.41, 5.74) is 2.07. The Morgan fingerprint density at radius 3 is 2.45 bits per heavy atom. The quantitative estimate of drug-likeness (QED) is 0.682. The van der Waals surface area contributed by atoms with Crippen molar-refractivity contribution in [2.75, 3.05) is 7.11 Å². The molecule has 2 aromatic rings. The molecule has 3 nitrogen and oxygen atoms in total. The van der Waals surface area contributed by atoms with E-state index in [4.69, 9.17) is 4.74 Å². The van der Waals surface area contributed by atoms with Crippen LogP contribution in [-0.4, -0.2) is 33.1 Å². The summed E-state index contributed by atoms with van der Waals surface area (Å²) in [4.78, 5) is 11.8. The number of aryl methyl sites for hydroxylation is 1. The molecule has 0 spiro atoms. The monoisotopic (exact) mass is 336 g/mol. The van der Waals surface area contributed by atoms with Crippen LogP contribution in [0.15, 0.2) is 36.4 Å². The first-order chi connectivity index (χ1) is 9.54. The summed E-state index contributed by atoms with van der Waals surface area (Å²) in [5, 5.41) is 9.97. The second kappa shape index (κ2) is 6.12. The zero-order valence-corrected chi connectivity index (χ0v) is 13.3.